The lowest BCUT2D eigenvalue weighted by atomic mass is 9.93. The van der Waals surface area contributed by atoms with Gasteiger partial charge in [-0.15, -0.1) is 0 Å². The summed E-state index contributed by atoms with van der Waals surface area (Å²) in [6.45, 7) is 4.27. The molecular formula is C27H20O2. The van der Waals surface area contributed by atoms with Crippen LogP contribution in [0.1, 0.15) is 22.6 Å². The molecule has 0 spiro atoms. The zero-order valence-corrected chi connectivity index (χ0v) is 16.4. The summed E-state index contributed by atoms with van der Waals surface area (Å²) < 4.78 is 12.4. The first-order valence-electron chi connectivity index (χ1n) is 9.99. The van der Waals surface area contributed by atoms with Gasteiger partial charge >= 0.3 is 0 Å². The first kappa shape index (κ1) is 16.4. The first-order chi connectivity index (χ1) is 14.2. The van der Waals surface area contributed by atoms with Crippen LogP contribution in [-0.4, -0.2) is 0 Å². The third-order valence-electron chi connectivity index (χ3n) is 5.83. The summed E-state index contributed by atoms with van der Waals surface area (Å²) in [6, 6.07) is 19.1. The summed E-state index contributed by atoms with van der Waals surface area (Å²) >= 11 is 0. The summed E-state index contributed by atoms with van der Waals surface area (Å²) in [5.41, 5.74) is 7.41. The van der Waals surface area contributed by atoms with Gasteiger partial charge in [-0.1, -0.05) is 54.1 Å². The Morgan fingerprint density at radius 3 is 2.52 bits per heavy atom. The summed E-state index contributed by atoms with van der Waals surface area (Å²) in [6.07, 6.45) is 8.69. The summed E-state index contributed by atoms with van der Waals surface area (Å²) in [5.74, 6) is 0.108. The van der Waals surface area contributed by atoms with E-state index in [9.17, 15) is 0 Å². The fourth-order valence-corrected chi connectivity index (χ4v) is 4.49. The second-order valence-electron chi connectivity index (χ2n) is 7.95. The van der Waals surface area contributed by atoms with Crippen LogP contribution >= 0.6 is 0 Å². The van der Waals surface area contributed by atoms with Crippen molar-refractivity contribution in [2.24, 2.45) is 0 Å². The number of hydrogen-bond donors (Lipinski definition) is 0. The van der Waals surface area contributed by atoms with E-state index in [1.807, 2.05) is 12.1 Å². The average Bonchev–Trinajstić information content (AvgIpc) is 3.17. The van der Waals surface area contributed by atoms with Crippen LogP contribution in [0.2, 0.25) is 0 Å². The minimum absolute atomic E-state index is 0.108. The van der Waals surface area contributed by atoms with E-state index in [1.54, 1.807) is 0 Å². The number of benzene rings is 3. The van der Waals surface area contributed by atoms with E-state index in [4.69, 9.17) is 8.83 Å². The van der Waals surface area contributed by atoms with Gasteiger partial charge in [0.1, 0.15) is 22.2 Å². The van der Waals surface area contributed by atoms with E-state index >= 15 is 0 Å². The average molecular weight is 376 g/mol. The summed E-state index contributed by atoms with van der Waals surface area (Å²) in [5, 5.41) is 4.67. The molecular weight excluding hydrogens is 356 g/mol. The van der Waals surface area contributed by atoms with Gasteiger partial charge < -0.3 is 8.83 Å². The Morgan fingerprint density at radius 1 is 0.759 bits per heavy atom. The summed E-state index contributed by atoms with van der Waals surface area (Å²) in [4.78, 5) is 0. The Bertz CT molecular complexity index is 1570. The molecule has 0 aliphatic heterocycles. The highest BCUT2D eigenvalue weighted by atomic mass is 16.3. The minimum atomic E-state index is 0.108. The maximum Gasteiger partial charge on any atom is 0.139 e. The zero-order chi connectivity index (χ0) is 19.5. The van der Waals surface area contributed by atoms with Gasteiger partial charge in [0.25, 0.3) is 0 Å². The normalized spacial score (nSPS) is 16.0. The predicted octanol–water partition coefficient (Wildman–Crippen LogP) is 5.86. The van der Waals surface area contributed by atoms with Crippen LogP contribution in [0.3, 0.4) is 0 Å². The Morgan fingerprint density at radius 2 is 1.59 bits per heavy atom. The lowest BCUT2D eigenvalue weighted by molar-refractivity contribution is 0.575. The number of rotatable bonds is 1. The van der Waals surface area contributed by atoms with Crippen molar-refractivity contribution in [3.8, 4) is 0 Å². The van der Waals surface area contributed by atoms with Crippen molar-refractivity contribution >= 4 is 45.1 Å². The fraction of sp³-hybridized carbons (Fsp3) is 0.111. The molecule has 2 heterocycles. The topological polar surface area (TPSA) is 26.3 Å². The highest BCUT2D eigenvalue weighted by Gasteiger charge is 2.18. The maximum absolute atomic E-state index is 6.32. The van der Waals surface area contributed by atoms with Gasteiger partial charge in [0.15, 0.2) is 0 Å². The van der Waals surface area contributed by atoms with Gasteiger partial charge in [-0.05, 0) is 49.8 Å². The van der Waals surface area contributed by atoms with Crippen molar-refractivity contribution in [2.45, 2.75) is 19.8 Å². The van der Waals surface area contributed by atoms with Crippen molar-refractivity contribution in [3.05, 3.63) is 94.1 Å². The van der Waals surface area contributed by atoms with E-state index in [-0.39, 0.29) is 5.92 Å². The van der Waals surface area contributed by atoms with Gasteiger partial charge in [-0.3, -0.25) is 0 Å². The lowest BCUT2D eigenvalue weighted by Gasteiger charge is -2.10. The van der Waals surface area contributed by atoms with E-state index in [0.717, 1.165) is 27.4 Å². The Labute approximate surface area is 168 Å². The van der Waals surface area contributed by atoms with Crippen LogP contribution in [0.15, 0.2) is 75.6 Å². The van der Waals surface area contributed by atoms with Crippen molar-refractivity contribution in [1.82, 2.24) is 0 Å². The van der Waals surface area contributed by atoms with E-state index in [1.165, 1.54) is 32.8 Å². The van der Waals surface area contributed by atoms with Gasteiger partial charge in [-0.25, -0.2) is 0 Å². The zero-order valence-electron chi connectivity index (χ0n) is 16.4. The van der Waals surface area contributed by atoms with Gasteiger partial charge in [0.2, 0.25) is 0 Å². The van der Waals surface area contributed by atoms with Crippen LogP contribution < -0.4 is 10.6 Å². The van der Waals surface area contributed by atoms with Crippen molar-refractivity contribution in [1.29, 1.82) is 0 Å². The second-order valence-corrected chi connectivity index (χ2v) is 7.95. The second kappa shape index (κ2) is 5.99. The number of fused-ring (bicyclic) bond motifs is 6. The van der Waals surface area contributed by atoms with Crippen molar-refractivity contribution in [3.63, 3.8) is 0 Å². The van der Waals surface area contributed by atoms with Gasteiger partial charge in [0, 0.05) is 32.9 Å². The van der Waals surface area contributed by atoms with E-state index in [0.29, 0.717) is 0 Å². The maximum atomic E-state index is 6.32. The van der Waals surface area contributed by atoms with E-state index in [2.05, 4.69) is 80.6 Å². The molecule has 1 aliphatic carbocycles. The SMILES string of the molecule is Cc1ccc2oc3c(c2c1)=CC(c1cc(C)cc2c1oc1ccccc12)C=CC=3. The molecule has 3 aromatic carbocycles. The van der Waals surface area contributed by atoms with Crippen LogP contribution in [0.25, 0.3) is 45.1 Å². The molecule has 1 aliphatic rings. The smallest absolute Gasteiger partial charge is 0.139 e. The molecule has 0 N–H and O–H groups in total. The van der Waals surface area contributed by atoms with Crippen LogP contribution in [0.5, 0.6) is 0 Å². The number of allylic oxidation sites excluding steroid dienone is 2. The van der Waals surface area contributed by atoms with Crippen LogP contribution in [0, 0.1) is 13.8 Å². The van der Waals surface area contributed by atoms with Crippen molar-refractivity contribution in [2.75, 3.05) is 0 Å². The van der Waals surface area contributed by atoms with Crippen LogP contribution in [0.4, 0.5) is 0 Å². The third kappa shape index (κ3) is 2.49. The van der Waals surface area contributed by atoms with Crippen LogP contribution in [-0.2, 0) is 0 Å². The molecule has 2 heteroatoms. The molecule has 2 nitrogen and oxygen atoms in total. The molecule has 0 saturated heterocycles. The molecule has 2 aromatic heterocycles. The molecule has 1 unspecified atom stereocenters. The number of aryl methyl sites for hydroxylation is 2. The number of hydrogen-bond acceptors (Lipinski definition) is 2. The molecule has 140 valence electrons. The first-order valence-corrected chi connectivity index (χ1v) is 9.99. The lowest BCUT2D eigenvalue weighted by Crippen LogP contribution is -2.20. The molecule has 6 rings (SSSR count). The largest absolute Gasteiger partial charge is 0.456 e. The molecule has 29 heavy (non-hydrogen) atoms. The van der Waals surface area contributed by atoms with E-state index < -0.39 is 0 Å². The molecule has 0 saturated carbocycles. The molecule has 5 aromatic rings. The summed E-state index contributed by atoms with van der Waals surface area (Å²) in [7, 11) is 0. The Hall–Kier alpha value is -3.52. The molecule has 0 amide bonds. The standard InChI is InChI=1S/C27H20O2/c1-16-10-11-26-21(12-16)22-15-18(6-5-9-25(22)28-26)20-13-17(2)14-23-19-7-3-4-8-24(19)29-27(20)23/h3-15,18H,1-2H3. The predicted molar refractivity (Wildman–Crippen MR) is 119 cm³/mol. The van der Waals surface area contributed by atoms with Crippen molar-refractivity contribution < 1.29 is 8.83 Å². The fourth-order valence-electron chi connectivity index (χ4n) is 4.49. The highest BCUT2D eigenvalue weighted by Crippen LogP contribution is 2.36. The molecule has 0 fully saturated rings. The number of furan rings is 2. The minimum Gasteiger partial charge on any atom is -0.456 e. The molecule has 0 radical (unpaired) electrons. The highest BCUT2D eigenvalue weighted by molar-refractivity contribution is 6.06. The Balaban J connectivity index is 1.67. The van der Waals surface area contributed by atoms with Gasteiger partial charge in [-0.2, -0.15) is 0 Å². The monoisotopic (exact) mass is 376 g/mol. The van der Waals surface area contributed by atoms with Gasteiger partial charge in [0.05, 0.1) is 0 Å². The molecule has 1 atom stereocenters. The third-order valence-corrected chi connectivity index (χ3v) is 5.83. The number of para-hydroxylation sites is 1. The Kier molecular flexibility index (Phi) is 3.39. The quantitative estimate of drug-likeness (QED) is 0.366. The molecule has 0 bridgehead atoms.